The van der Waals surface area contributed by atoms with Crippen molar-refractivity contribution < 1.29 is 23.2 Å². The highest BCUT2D eigenvalue weighted by atomic mass is 19.2. The Morgan fingerprint density at radius 3 is 1.98 bits per heavy atom. The summed E-state index contributed by atoms with van der Waals surface area (Å²) in [4.78, 5) is 47.6. The quantitative estimate of drug-likeness (QED) is 0.134. The van der Waals surface area contributed by atoms with E-state index in [-0.39, 0.29) is 35.5 Å². The normalized spacial score (nSPS) is 16.5. The summed E-state index contributed by atoms with van der Waals surface area (Å²) in [6.07, 6.45) is 35.6. The summed E-state index contributed by atoms with van der Waals surface area (Å²) in [7, 11) is 0. The van der Waals surface area contributed by atoms with Gasteiger partial charge in [0.1, 0.15) is 0 Å². The third kappa shape index (κ3) is 12.2. The van der Waals surface area contributed by atoms with Crippen LogP contribution in [0, 0.1) is 11.6 Å². The van der Waals surface area contributed by atoms with Gasteiger partial charge in [-0.05, 0) is 87.6 Å². The van der Waals surface area contributed by atoms with Crippen LogP contribution in [0.2, 0.25) is 0 Å². The molecule has 1 saturated heterocycles. The molecule has 0 radical (unpaired) electrons. The smallest absolute Gasteiger partial charge is 0.257 e. The molecule has 0 atom stereocenters. The monoisotopic (exact) mass is 788 g/mol. The van der Waals surface area contributed by atoms with Gasteiger partial charge in [0.15, 0.2) is 11.6 Å². The summed E-state index contributed by atoms with van der Waals surface area (Å²) in [6.45, 7) is 7.43. The van der Waals surface area contributed by atoms with Crippen molar-refractivity contribution in [1.29, 1.82) is 0 Å². The average molecular weight is 789 g/mol. The highest BCUT2D eigenvalue weighted by Crippen LogP contribution is 2.40. The highest BCUT2D eigenvalue weighted by Gasteiger charge is 2.38. The van der Waals surface area contributed by atoms with Gasteiger partial charge in [-0.25, -0.2) is 8.78 Å². The van der Waals surface area contributed by atoms with Crippen LogP contribution in [0.3, 0.4) is 0 Å². The number of carbonyl (C=O) groups excluding carboxylic acids is 3. The van der Waals surface area contributed by atoms with Crippen molar-refractivity contribution in [3.63, 3.8) is 0 Å². The van der Waals surface area contributed by atoms with Crippen LogP contribution in [0.25, 0.3) is 16.5 Å². The maximum atomic E-state index is 14.2. The van der Waals surface area contributed by atoms with Crippen LogP contribution in [0.4, 0.5) is 8.78 Å². The zero-order chi connectivity index (χ0) is 41.3. The van der Waals surface area contributed by atoms with Gasteiger partial charge < -0.3 is 20.1 Å². The summed E-state index contributed by atoms with van der Waals surface area (Å²) in [5, 5.41) is 4.11. The Morgan fingerprint density at radius 1 is 0.793 bits per heavy atom. The first-order chi connectivity index (χ1) is 28.1. The molecule has 58 heavy (non-hydrogen) atoms. The number of hydrogen-bond acceptors (Lipinski definition) is 3. The van der Waals surface area contributed by atoms with Crippen LogP contribution in [0.1, 0.15) is 107 Å². The first-order valence-electron chi connectivity index (χ1n) is 20.7. The number of para-hydroxylation sites is 1. The number of H-pyrrole nitrogens is 1. The van der Waals surface area contributed by atoms with E-state index < -0.39 is 23.0 Å². The van der Waals surface area contributed by atoms with Gasteiger partial charge in [-0.2, -0.15) is 0 Å². The number of halogens is 2. The molecule has 0 aliphatic carbocycles. The Bertz CT molecular complexity index is 2090. The molecule has 0 saturated carbocycles. The number of carbonyl (C=O) groups is 3. The predicted molar refractivity (Wildman–Crippen MR) is 232 cm³/mol. The molecule has 3 heterocycles. The number of allylic oxidation sites excluding steroid dienone is 12. The van der Waals surface area contributed by atoms with Crippen molar-refractivity contribution >= 4 is 34.2 Å². The van der Waals surface area contributed by atoms with Crippen LogP contribution in [0.15, 0.2) is 122 Å². The molecule has 1 aromatic heterocycles. The van der Waals surface area contributed by atoms with E-state index in [9.17, 15) is 23.2 Å². The number of benzene rings is 2. The Hall–Kier alpha value is -5.57. The minimum Gasteiger partial charge on any atom is -0.354 e. The van der Waals surface area contributed by atoms with Crippen molar-refractivity contribution in [3.8, 4) is 0 Å². The van der Waals surface area contributed by atoms with Gasteiger partial charge in [0, 0.05) is 60.2 Å². The molecule has 9 heteroatoms. The largest absolute Gasteiger partial charge is 0.354 e. The Morgan fingerprint density at radius 2 is 1.38 bits per heavy atom. The number of rotatable bonds is 17. The van der Waals surface area contributed by atoms with E-state index in [1.807, 2.05) is 43.0 Å². The molecule has 0 unspecified atom stereocenters. The molecule has 5 rings (SSSR count). The Labute approximate surface area is 342 Å². The number of nitrogens with zero attached hydrogens (tertiary/aromatic N) is 2. The number of aromatic nitrogens is 1. The lowest BCUT2D eigenvalue weighted by Crippen LogP contribution is -2.46. The van der Waals surface area contributed by atoms with E-state index in [0.717, 1.165) is 67.1 Å². The third-order valence-electron chi connectivity index (χ3n) is 10.5. The van der Waals surface area contributed by atoms with Crippen molar-refractivity contribution in [2.24, 2.45) is 0 Å². The minimum absolute atomic E-state index is 0.0148. The van der Waals surface area contributed by atoms with Gasteiger partial charge in [-0.1, -0.05) is 112 Å². The van der Waals surface area contributed by atoms with Gasteiger partial charge in [0.2, 0.25) is 5.91 Å². The molecule has 0 bridgehead atoms. The first kappa shape index (κ1) is 43.6. The molecule has 2 aliphatic heterocycles. The standard InChI is InChI=1S/C49H58F2N4O3/c1-4-5-6-7-8-9-10-11-12-13-14-15-16-17-18-19-20-21-22-27-44(56)54-32-30-38(31-33-54)52-47(57)40-35-55(48(58)37-28-29-41(50)42(51)34-37)36-49(2,3)45-39-25-23-24-26-43(39)53-46(40)45/h5-6,8-9,11-12,14-15,17-18,20-21,23-26,28-29,34-35,38,53H,4,7,10,13,16,19,22,27,30-33,36H2,1-3H3,(H,52,57)/b6-5-,9-8-,12-11-,15-14-,18-17-,21-20-. The highest BCUT2D eigenvalue weighted by molar-refractivity contribution is 6.21. The Balaban J connectivity index is 1.08. The molecule has 306 valence electrons. The summed E-state index contributed by atoms with van der Waals surface area (Å²) in [5.74, 6) is -2.94. The lowest BCUT2D eigenvalue weighted by molar-refractivity contribution is -0.132. The zero-order valence-electron chi connectivity index (χ0n) is 34.2. The fraction of sp³-hybridized carbons (Fsp3) is 0.367. The lowest BCUT2D eigenvalue weighted by Gasteiger charge is -2.32. The maximum Gasteiger partial charge on any atom is 0.257 e. The first-order valence-corrected chi connectivity index (χ1v) is 20.7. The summed E-state index contributed by atoms with van der Waals surface area (Å²) < 4.78 is 27.9. The van der Waals surface area contributed by atoms with Crippen LogP contribution in [-0.4, -0.2) is 58.2 Å². The van der Waals surface area contributed by atoms with E-state index in [0.29, 0.717) is 44.5 Å². The second-order valence-corrected chi connectivity index (χ2v) is 15.5. The molecule has 3 aromatic rings. The topological polar surface area (TPSA) is 85.5 Å². The van der Waals surface area contributed by atoms with Crippen LogP contribution in [-0.2, 0) is 15.0 Å². The van der Waals surface area contributed by atoms with Gasteiger partial charge in [-0.3, -0.25) is 14.4 Å². The fourth-order valence-corrected chi connectivity index (χ4v) is 7.46. The number of likely N-dealkylation sites (tertiary alicyclic amines) is 1. The molecule has 1 fully saturated rings. The van der Waals surface area contributed by atoms with Crippen LogP contribution < -0.4 is 5.32 Å². The van der Waals surface area contributed by atoms with Crippen molar-refractivity contribution in [2.75, 3.05) is 19.6 Å². The summed E-state index contributed by atoms with van der Waals surface area (Å²) in [5.41, 5.74) is 2.04. The molecule has 2 aliphatic rings. The van der Waals surface area contributed by atoms with Gasteiger partial charge in [0.25, 0.3) is 11.8 Å². The van der Waals surface area contributed by atoms with E-state index in [1.54, 1.807) is 0 Å². The van der Waals surface area contributed by atoms with E-state index in [2.05, 4.69) is 90.1 Å². The second kappa shape index (κ2) is 21.8. The summed E-state index contributed by atoms with van der Waals surface area (Å²) >= 11 is 0. The maximum absolute atomic E-state index is 14.2. The van der Waals surface area contributed by atoms with Crippen molar-refractivity contribution in [2.45, 2.75) is 96.4 Å². The molecule has 2 N–H and O–H groups in total. The fourth-order valence-electron chi connectivity index (χ4n) is 7.46. The number of nitrogens with one attached hydrogen (secondary N) is 2. The SMILES string of the molecule is CC/C=C\C/C=C\C/C=C\C/C=C\C/C=C\C/C=C\CCC(=O)N1CCC(NC(=O)C2=CN(C(=O)c3ccc(F)c(F)c3)CC(C)(C)c3c2[nH]c2ccccc32)CC1. The third-order valence-corrected chi connectivity index (χ3v) is 10.5. The molecular formula is C49H58F2N4O3. The number of piperidine rings is 1. The molecule has 3 amide bonds. The van der Waals surface area contributed by atoms with Crippen LogP contribution in [0.5, 0.6) is 0 Å². The van der Waals surface area contributed by atoms with E-state index in [4.69, 9.17) is 0 Å². The van der Waals surface area contributed by atoms with Crippen molar-refractivity contribution in [1.82, 2.24) is 20.1 Å². The second-order valence-electron chi connectivity index (χ2n) is 15.5. The van der Waals surface area contributed by atoms with Crippen molar-refractivity contribution in [3.05, 3.63) is 150 Å². The van der Waals surface area contributed by atoms with Gasteiger partial charge >= 0.3 is 0 Å². The predicted octanol–water partition coefficient (Wildman–Crippen LogP) is 10.8. The van der Waals surface area contributed by atoms with Gasteiger partial charge in [-0.15, -0.1) is 0 Å². The van der Waals surface area contributed by atoms with E-state index in [1.165, 1.54) is 17.2 Å². The van der Waals surface area contributed by atoms with Crippen LogP contribution >= 0.6 is 0 Å². The molecule has 0 spiro atoms. The minimum atomic E-state index is -1.11. The number of fused-ring (bicyclic) bond motifs is 3. The lowest BCUT2D eigenvalue weighted by atomic mass is 9.81. The number of amides is 3. The average Bonchev–Trinajstić information content (AvgIpc) is 3.56. The molecule has 7 nitrogen and oxygen atoms in total. The molecular weight excluding hydrogens is 731 g/mol. The summed E-state index contributed by atoms with van der Waals surface area (Å²) in [6, 6.07) is 10.7. The number of aromatic amines is 1. The van der Waals surface area contributed by atoms with Gasteiger partial charge in [0.05, 0.1) is 11.3 Å². The van der Waals surface area contributed by atoms with E-state index >= 15 is 0 Å². The number of hydrogen-bond donors (Lipinski definition) is 2. The zero-order valence-corrected chi connectivity index (χ0v) is 34.2. The molecule has 2 aromatic carbocycles. The Kier molecular flexibility index (Phi) is 16.4.